The van der Waals surface area contributed by atoms with Gasteiger partial charge in [0.25, 0.3) is 0 Å². The summed E-state index contributed by atoms with van der Waals surface area (Å²) >= 11 is 0. The molecule has 0 aromatic heterocycles. The highest BCUT2D eigenvalue weighted by Gasteiger charge is 2.39. The Balaban J connectivity index is 2.01. The van der Waals surface area contributed by atoms with Crippen LogP contribution in [0.25, 0.3) is 0 Å². The molecule has 0 heterocycles. The van der Waals surface area contributed by atoms with E-state index in [0.29, 0.717) is 0 Å². The third-order valence-electron chi connectivity index (χ3n) is 3.49. The molecule has 0 aliphatic heterocycles. The number of ether oxygens (including phenoxy) is 1. The molecule has 0 bridgehead atoms. The first kappa shape index (κ1) is 13.3. The fourth-order valence-electron chi connectivity index (χ4n) is 2.26. The van der Waals surface area contributed by atoms with Crippen molar-refractivity contribution in [1.82, 2.24) is 5.32 Å². The van der Waals surface area contributed by atoms with Gasteiger partial charge in [-0.1, -0.05) is 6.92 Å². The first-order valence-electron chi connectivity index (χ1n) is 6.50. The lowest BCUT2D eigenvalue weighted by molar-refractivity contribution is -0.0171. The topological polar surface area (TPSA) is 21.3 Å². The van der Waals surface area contributed by atoms with Gasteiger partial charge in [-0.15, -0.1) is 0 Å². The Bertz CT molecular complexity index is 405. The Labute approximate surface area is 106 Å². The third-order valence-corrected chi connectivity index (χ3v) is 3.49. The van der Waals surface area contributed by atoms with Crippen LogP contribution in [0.5, 0.6) is 5.75 Å². The van der Waals surface area contributed by atoms with Gasteiger partial charge >= 0.3 is 0 Å². The van der Waals surface area contributed by atoms with Crippen LogP contribution in [0, 0.1) is 11.6 Å². The van der Waals surface area contributed by atoms with E-state index >= 15 is 0 Å². The van der Waals surface area contributed by atoms with E-state index < -0.39 is 11.6 Å². The van der Waals surface area contributed by atoms with E-state index in [1.165, 1.54) is 12.1 Å². The smallest absolute Gasteiger partial charge is 0.168 e. The highest BCUT2D eigenvalue weighted by atomic mass is 19.1. The Morgan fingerprint density at radius 3 is 2.67 bits per heavy atom. The van der Waals surface area contributed by atoms with E-state index in [1.54, 1.807) is 0 Å². The van der Waals surface area contributed by atoms with Gasteiger partial charge in [-0.05, 0) is 50.9 Å². The van der Waals surface area contributed by atoms with Crippen molar-refractivity contribution < 1.29 is 13.5 Å². The second-order valence-corrected chi connectivity index (χ2v) is 4.82. The summed E-state index contributed by atoms with van der Waals surface area (Å²) in [4.78, 5) is 0. The average molecular weight is 255 g/mol. The Hall–Kier alpha value is -1.16. The second-order valence-electron chi connectivity index (χ2n) is 4.82. The molecule has 0 atom stereocenters. The zero-order valence-corrected chi connectivity index (χ0v) is 10.6. The van der Waals surface area contributed by atoms with Crippen molar-refractivity contribution >= 4 is 0 Å². The molecule has 4 heteroatoms. The number of halogens is 2. The van der Waals surface area contributed by atoms with E-state index in [0.717, 1.165) is 44.8 Å². The largest absolute Gasteiger partial charge is 0.484 e. The molecule has 100 valence electrons. The molecule has 1 aliphatic rings. The van der Waals surface area contributed by atoms with Crippen molar-refractivity contribution in [2.75, 3.05) is 13.1 Å². The standard InChI is InChI=1S/C14H19F2NO/c1-2-17-9-8-14(6-3-7-14)18-13-5-4-11(15)10-12(13)16/h4-5,10,17H,2-3,6-9H2,1H3. The van der Waals surface area contributed by atoms with Crippen molar-refractivity contribution in [1.29, 1.82) is 0 Å². The normalized spacial score (nSPS) is 17.3. The predicted molar refractivity (Wildman–Crippen MR) is 66.7 cm³/mol. The number of hydrogen-bond acceptors (Lipinski definition) is 2. The minimum Gasteiger partial charge on any atom is -0.484 e. The van der Waals surface area contributed by atoms with Gasteiger partial charge in [-0.2, -0.15) is 0 Å². The molecule has 18 heavy (non-hydrogen) atoms. The van der Waals surface area contributed by atoms with Crippen LogP contribution in [0.15, 0.2) is 18.2 Å². The molecule has 2 nitrogen and oxygen atoms in total. The maximum Gasteiger partial charge on any atom is 0.168 e. The highest BCUT2D eigenvalue weighted by molar-refractivity contribution is 5.26. The van der Waals surface area contributed by atoms with Crippen molar-refractivity contribution in [2.24, 2.45) is 0 Å². The van der Waals surface area contributed by atoms with E-state index in [4.69, 9.17) is 4.74 Å². The van der Waals surface area contributed by atoms with Crippen LogP contribution >= 0.6 is 0 Å². The lowest BCUT2D eigenvalue weighted by Crippen LogP contribution is -2.45. The Morgan fingerprint density at radius 2 is 2.11 bits per heavy atom. The minimum atomic E-state index is -0.621. The first-order valence-corrected chi connectivity index (χ1v) is 6.50. The maximum atomic E-state index is 13.5. The fourth-order valence-corrected chi connectivity index (χ4v) is 2.26. The highest BCUT2D eigenvalue weighted by Crippen LogP contribution is 2.39. The van der Waals surface area contributed by atoms with Crippen LogP contribution in [0.2, 0.25) is 0 Å². The summed E-state index contributed by atoms with van der Waals surface area (Å²) in [6.45, 7) is 3.83. The quantitative estimate of drug-likeness (QED) is 0.788. The van der Waals surface area contributed by atoms with E-state index in [2.05, 4.69) is 5.32 Å². The molecule has 2 rings (SSSR count). The molecule has 1 fully saturated rings. The van der Waals surface area contributed by atoms with Gasteiger partial charge in [0.2, 0.25) is 0 Å². The lowest BCUT2D eigenvalue weighted by atomic mass is 9.77. The van der Waals surface area contributed by atoms with Crippen molar-refractivity contribution in [3.63, 3.8) is 0 Å². The third kappa shape index (κ3) is 2.99. The fraction of sp³-hybridized carbons (Fsp3) is 0.571. The summed E-state index contributed by atoms with van der Waals surface area (Å²) in [6.07, 6.45) is 3.84. The van der Waals surface area contributed by atoms with Gasteiger partial charge in [0, 0.05) is 6.07 Å². The second kappa shape index (κ2) is 5.65. The van der Waals surface area contributed by atoms with Crippen molar-refractivity contribution in [3.05, 3.63) is 29.8 Å². The zero-order valence-electron chi connectivity index (χ0n) is 10.6. The summed E-state index contributed by atoms with van der Waals surface area (Å²) in [5.74, 6) is -1.03. The number of hydrogen-bond donors (Lipinski definition) is 1. The number of nitrogens with one attached hydrogen (secondary N) is 1. The molecule has 0 saturated heterocycles. The molecule has 1 saturated carbocycles. The van der Waals surface area contributed by atoms with Gasteiger partial charge in [-0.3, -0.25) is 0 Å². The van der Waals surface area contributed by atoms with Crippen LogP contribution in [0.3, 0.4) is 0 Å². The molecule has 1 aromatic rings. The average Bonchev–Trinajstić information content (AvgIpc) is 2.29. The number of rotatable bonds is 6. The van der Waals surface area contributed by atoms with Gasteiger partial charge in [0.1, 0.15) is 11.4 Å². The Morgan fingerprint density at radius 1 is 1.33 bits per heavy atom. The molecule has 1 aromatic carbocycles. The first-order chi connectivity index (χ1) is 8.65. The molecule has 0 unspecified atom stereocenters. The lowest BCUT2D eigenvalue weighted by Gasteiger charge is -2.42. The molecule has 0 spiro atoms. The van der Waals surface area contributed by atoms with Crippen molar-refractivity contribution in [3.8, 4) is 5.75 Å². The maximum absolute atomic E-state index is 13.5. The van der Waals surface area contributed by atoms with Gasteiger partial charge in [0.15, 0.2) is 11.6 Å². The monoisotopic (exact) mass is 255 g/mol. The van der Waals surface area contributed by atoms with Crippen LogP contribution in [-0.2, 0) is 0 Å². The summed E-state index contributed by atoms with van der Waals surface area (Å²) in [7, 11) is 0. The Kier molecular flexibility index (Phi) is 4.17. The summed E-state index contributed by atoms with van der Waals surface area (Å²) in [5, 5.41) is 3.25. The van der Waals surface area contributed by atoms with Gasteiger partial charge < -0.3 is 10.1 Å². The van der Waals surface area contributed by atoms with Gasteiger partial charge in [-0.25, -0.2) is 8.78 Å². The molecular weight excluding hydrogens is 236 g/mol. The minimum absolute atomic E-state index is 0.160. The molecular formula is C14H19F2NO. The molecule has 1 N–H and O–H groups in total. The summed E-state index contributed by atoms with van der Waals surface area (Å²) < 4.78 is 32.2. The molecule has 0 radical (unpaired) electrons. The van der Waals surface area contributed by atoms with Crippen LogP contribution in [0.4, 0.5) is 8.78 Å². The van der Waals surface area contributed by atoms with E-state index in [9.17, 15) is 8.78 Å². The summed E-state index contributed by atoms with van der Waals surface area (Å²) in [6, 6.07) is 3.47. The van der Waals surface area contributed by atoms with E-state index in [-0.39, 0.29) is 11.4 Å². The van der Waals surface area contributed by atoms with Crippen LogP contribution in [-0.4, -0.2) is 18.7 Å². The van der Waals surface area contributed by atoms with Crippen molar-refractivity contribution in [2.45, 2.75) is 38.2 Å². The predicted octanol–water partition coefficient (Wildman–Crippen LogP) is 3.27. The molecule has 1 aliphatic carbocycles. The van der Waals surface area contributed by atoms with Gasteiger partial charge in [0.05, 0.1) is 0 Å². The zero-order chi connectivity index (χ0) is 13.0. The number of benzene rings is 1. The summed E-state index contributed by atoms with van der Waals surface area (Å²) in [5.41, 5.74) is -0.263. The van der Waals surface area contributed by atoms with E-state index in [1.807, 2.05) is 6.92 Å². The molecule has 0 amide bonds. The SMILES string of the molecule is CCNCCC1(Oc2ccc(F)cc2F)CCC1. The van der Waals surface area contributed by atoms with Crippen LogP contribution in [0.1, 0.15) is 32.6 Å². The van der Waals surface area contributed by atoms with Crippen LogP contribution < -0.4 is 10.1 Å².